The zero-order valence-corrected chi connectivity index (χ0v) is 17.8. The van der Waals surface area contributed by atoms with Gasteiger partial charge in [0, 0.05) is 45.5 Å². The van der Waals surface area contributed by atoms with E-state index in [2.05, 4.69) is 20.9 Å². The fraction of sp³-hybridized carbons (Fsp3) is 0.292. The second kappa shape index (κ2) is 9.57. The number of amides is 1. The third-order valence-corrected chi connectivity index (χ3v) is 5.43. The summed E-state index contributed by atoms with van der Waals surface area (Å²) < 4.78 is 11.0. The van der Waals surface area contributed by atoms with E-state index in [0.29, 0.717) is 18.3 Å². The second-order valence-corrected chi connectivity index (χ2v) is 7.52. The van der Waals surface area contributed by atoms with Crippen molar-refractivity contribution in [2.75, 3.05) is 26.7 Å². The van der Waals surface area contributed by atoms with Gasteiger partial charge in [-0.3, -0.25) is 9.69 Å². The van der Waals surface area contributed by atoms with Gasteiger partial charge in [-0.25, -0.2) is 9.97 Å². The van der Waals surface area contributed by atoms with Crippen molar-refractivity contribution in [3.63, 3.8) is 0 Å². The Kier molecular flexibility index (Phi) is 6.43. The zero-order valence-electron chi connectivity index (χ0n) is 17.8. The summed E-state index contributed by atoms with van der Waals surface area (Å²) in [4.78, 5) is 24.8. The van der Waals surface area contributed by atoms with Crippen LogP contribution in [-0.4, -0.2) is 52.4 Å². The monoisotopic (exact) mass is 418 g/mol. The first kappa shape index (κ1) is 20.8. The first-order chi connectivity index (χ1) is 15.1. The molecule has 3 aromatic rings. The van der Waals surface area contributed by atoms with Crippen molar-refractivity contribution >= 4 is 5.91 Å². The van der Waals surface area contributed by atoms with Crippen molar-refractivity contribution in [1.82, 2.24) is 19.8 Å². The van der Waals surface area contributed by atoms with E-state index in [1.54, 1.807) is 32.5 Å². The zero-order chi connectivity index (χ0) is 21.6. The Morgan fingerprint density at radius 1 is 1.03 bits per heavy atom. The first-order valence-corrected chi connectivity index (χ1v) is 10.3. The van der Waals surface area contributed by atoms with Crippen molar-refractivity contribution in [2.45, 2.75) is 19.5 Å². The average Bonchev–Trinajstić information content (AvgIpc) is 2.80. The van der Waals surface area contributed by atoms with Crippen molar-refractivity contribution in [3.05, 3.63) is 78.1 Å². The number of hydrogen-bond acceptors (Lipinski definition) is 6. The highest BCUT2D eigenvalue weighted by Crippen LogP contribution is 2.28. The second-order valence-electron chi connectivity index (χ2n) is 7.52. The van der Waals surface area contributed by atoms with Crippen molar-refractivity contribution in [2.24, 2.45) is 0 Å². The number of hydrogen-bond donors (Lipinski definition) is 0. The fourth-order valence-corrected chi connectivity index (χ4v) is 3.88. The van der Waals surface area contributed by atoms with Crippen LogP contribution in [0.4, 0.5) is 0 Å². The molecule has 4 rings (SSSR count). The van der Waals surface area contributed by atoms with Crippen molar-refractivity contribution in [1.29, 1.82) is 0 Å². The van der Waals surface area contributed by atoms with Gasteiger partial charge >= 0.3 is 6.01 Å². The van der Waals surface area contributed by atoms with Gasteiger partial charge in [-0.1, -0.05) is 24.3 Å². The summed E-state index contributed by atoms with van der Waals surface area (Å²) in [6.07, 6.45) is 3.31. The highest BCUT2D eigenvalue weighted by atomic mass is 16.5. The summed E-state index contributed by atoms with van der Waals surface area (Å²) in [6, 6.07) is 18.0. The molecule has 1 unspecified atom stereocenters. The van der Waals surface area contributed by atoms with E-state index in [1.165, 1.54) is 0 Å². The SMILES string of the molecule is COc1ccc(C2CN(Cc3cccc(Oc4ncccn4)c3)CCN2C(C)=O)cc1. The minimum Gasteiger partial charge on any atom is -0.497 e. The normalized spacial score (nSPS) is 16.7. The molecular weight excluding hydrogens is 392 g/mol. The van der Waals surface area contributed by atoms with Gasteiger partial charge in [-0.2, -0.15) is 0 Å². The van der Waals surface area contributed by atoms with E-state index in [9.17, 15) is 4.79 Å². The third kappa shape index (κ3) is 5.19. The van der Waals surface area contributed by atoms with Crippen LogP contribution in [0.5, 0.6) is 17.5 Å². The molecule has 1 aliphatic rings. The molecule has 1 atom stereocenters. The number of piperazine rings is 1. The number of aromatic nitrogens is 2. The van der Waals surface area contributed by atoms with E-state index in [0.717, 1.165) is 36.5 Å². The highest BCUT2D eigenvalue weighted by Gasteiger charge is 2.30. The summed E-state index contributed by atoms with van der Waals surface area (Å²) in [6.45, 7) is 4.68. The summed E-state index contributed by atoms with van der Waals surface area (Å²) in [5, 5.41) is 0. The maximum atomic E-state index is 12.2. The maximum Gasteiger partial charge on any atom is 0.321 e. The minimum absolute atomic E-state index is 0.00862. The van der Waals surface area contributed by atoms with Crippen LogP contribution in [0, 0.1) is 0 Å². The molecule has 0 spiro atoms. The molecule has 7 nitrogen and oxygen atoms in total. The topological polar surface area (TPSA) is 67.8 Å². The summed E-state index contributed by atoms with van der Waals surface area (Å²) in [5.41, 5.74) is 2.25. The van der Waals surface area contributed by atoms with Crippen LogP contribution in [0.25, 0.3) is 0 Å². The Hall–Kier alpha value is -3.45. The van der Waals surface area contributed by atoms with Crippen LogP contribution in [0.2, 0.25) is 0 Å². The van der Waals surface area contributed by atoms with Gasteiger partial charge in [-0.05, 0) is 41.5 Å². The molecule has 1 saturated heterocycles. The van der Waals surface area contributed by atoms with E-state index >= 15 is 0 Å². The van der Waals surface area contributed by atoms with E-state index < -0.39 is 0 Å². The molecule has 1 amide bonds. The lowest BCUT2D eigenvalue weighted by molar-refractivity contribution is -0.134. The minimum atomic E-state index is 0.00862. The average molecular weight is 418 g/mol. The lowest BCUT2D eigenvalue weighted by Crippen LogP contribution is -2.49. The molecule has 7 heteroatoms. The molecule has 1 aliphatic heterocycles. The van der Waals surface area contributed by atoms with E-state index in [-0.39, 0.29) is 11.9 Å². The molecular formula is C24H26N4O3. The van der Waals surface area contributed by atoms with Crippen LogP contribution in [0.1, 0.15) is 24.1 Å². The Labute approximate surface area is 182 Å². The van der Waals surface area contributed by atoms with Crippen molar-refractivity contribution < 1.29 is 14.3 Å². The first-order valence-electron chi connectivity index (χ1n) is 10.3. The number of rotatable bonds is 6. The van der Waals surface area contributed by atoms with Gasteiger partial charge in [-0.15, -0.1) is 0 Å². The molecule has 1 fully saturated rings. The molecule has 2 heterocycles. The standard InChI is InChI=1S/C24H26N4O3/c1-18(29)28-14-13-27(17-23(28)20-7-9-21(30-2)10-8-20)16-19-5-3-6-22(15-19)31-24-25-11-4-12-26-24/h3-12,15,23H,13-14,16-17H2,1-2H3. The number of carbonyl (C=O) groups is 1. The Morgan fingerprint density at radius 3 is 2.52 bits per heavy atom. The van der Waals surface area contributed by atoms with E-state index in [4.69, 9.17) is 9.47 Å². The predicted octanol–water partition coefficient (Wildman–Crippen LogP) is 3.68. The molecule has 1 aromatic heterocycles. The summed E-state index contributed by atoms with van der Waals surface area (Å²) >= 11 is 0. The third-order valence-electron chi connectivity index (χ3n) is 5.43. The quantitative estimate of drug-likeness (QED) is 0.608. The van der Waals surface area contributed by atoms with Crippen LogP contribution in [0.15, 0.2) is 67.0 Å². The smallest absolute Gasteiger partial charge is 0.321 e. The molecule has 0 saturated carbocycles. The lowest BCUT2D eigenvalue weighted by Gasteiger charge is -2.41. The summed E-state index contributed by atoms with van der Waals surface area (Å²) in [5.74, 6) is 1.61. The Balaban J connectivity index is 1.47. The van der Waals surface area contributed by atoms with Gasteiger partial charge in [0.15, 0.2) is 0 Å². The Morgan fingerprint density at radius 2 is 1.81 bits per heavy atom. The number of nitrogens with zero attached hydrogens (tertiary/aromatic N) is 4. The van der Waals surface area contributed by atoms with Crippen LogP contribution >= 0.6 is 0 Å². The maximum absolute atomic E-state index is 12.2. The predicted molar refractivity (Wildman–Crippen MR) is 117 cm³/mol. The van der Waals surface area contributed by atoms with Gasteiger partial charge < -0.3 is 14.4 Å². The number of benzene rings is 2. The van der Waals surface area contributed by atoms with Gasteiger partial charge in [0.05, 0.1) is 13.2 Å². The number of carbonyl (C=O) groups excluding carboxylic acids is 1. The lowest BCUT2D eigenvalue weighted by atomic mass is 10.0. The molecule has 160 valence electrons. The van der Waals surface area contributed by atoms with Crippen molar-refractivity contribution in [3.8, 4) is 17.5 Å². The number of methoxy groups -OCH3 is 1. The van der Waals surface area contributed by atoms with Gasteiger partial charge in [0.2, 0.25) is 5.91 Å². The van der Waals surface area contributed by atoms with E-state index in [1.807, 2.05) is 47.4 Å². The van der Waals surface area contributed by atoms with Crippen LogP contribution in [0.3, 0.4) is 0 Å². The molecule has 0 N–H and O–H groups in total. The largest absolute Gasteiger partial charge is 0.497 e. The number of ether oxygens (including phenoxy) is 2. The Bertz CT molecular complexity index is 1010. The van der Waals surface area contributed by atoms with Gasteiger partial charge in [0.25, 0.3) is 0 Å². The molecule has 0 aliphatic carbocycles. The molecule has 31 heavy (non-hydrogen) atoms. The van der Waals surface area contributed by atoms with Gasteiger partial charge in [0.1, 0.15) is 11.5 Å². The van der Waals surface area contributed by atoms with Crippen LogP contribution in [-0.2, 0) is 11.3 Å². The molecule has 0 bridgehead atoms. The van der Waals surface area contributed by atoms with Crippen LogP contribution < -0.4 is 9.47 Å². The molecule has 2 aromatic carbocycles. The highest BCUT2D eigenvalue weighted by molar-refractivity contribution is 5.74. The fourth-order valence-electron chi connectivity index (χ4n) is 3.88. The summed E-state index contributed by atoms with van der Waals surface area (Å²) in [7, 11) is 1.65. The molecule has 0 radical (unpaired) electrons.